The van der Waals surface area contributed by atoms with Crippen molar-refractivity contribution in [1.82, 2.24) is 50.3 Å². The smallest absolute Gasteiger partial charge is 0.407 e. The van der Waals surface area contributed by atoms with Gasteiger partial charge in [0.1, 0.15) is 23.7 Å². The molecule has 0 radical (unpaired) electrons. The number of fused-ring (bicyclic) bond motifs is 1. The molecule has 2 aromatic carbocycles. The van der Waals surface area contributed by atoms with Gasteiger partial charge >= 0.3 is 6.09 Å². The molecule has 15 nitrogen and oxygen atoms in total. The average Bonchev–Trinajstić information content (AvgIpc) is 4.05. The molecule has 5 aromatic rings. The molecule has 15 heteroatoms. The van der Waals surface area contributed by atoms with Crippen LogP contribution in [-0.2, 0) is 19.1 Å². The van der Waals surface area contributed by atoms with Crippen LogP contribution in [0.2, 0.25) is 0 Å². The van der Waals surface area contributed by atoms with E-state index >= 15 is 0 Å². The van der Waals surface area contributed by atoms with E-state index in [1.165, 1.54) is 14.0 Å². The lowest BCUT2D eigenvalue weighted by molar-refractivity contribution is -0.137. The van der Waals surface area contributed by atoms with Crippen molar-refractivity contribution in [3.8, 4) is 33.8 Å². The van der Waals surface area contributed by atoms with E-state index in [1.54, 1.807) is 23.5 Å². The molecule has 0 spiro atoms. The van der Waals surface area contributed by atoms with E-state index in [9.17, 15) is 19.2 Å². The Morgan fingerprint density at radius 2 is 1.38 bits per heavy atom. The molecule has 2 saturated heterocycles. The van der Waals surface area contributed by atoms with Crippen LogP contribution >= 0.6 is 0 Å². The van der Waals surface area contributed by atoms with Gasteiger partial charge in [0.05, 0.1) is 65.9 Å². The zero-order valence-corrected chi connectivity index (χ0v) is 32.3. The molecule has 4 amide bonds. The maximum absolute atomic E-state index is 13.5. The van der Waals surface area contributed by atoms with Crippen LogP contribution in [0.3, 0.4) is 0 Å². The molecule has 2 fully saturated rings. The minimum Gasteiger partial charge on any atom is -0.453 e. The zero-order valence-electron chi connectivity index (χ0n) is 32.3. The van der Waals surface area contributed by atoms with Crippen LogP contribution < -0.4 is 10.6 Å². The number of amides is 4. The second kappa shape index (κ2) is 16.3. The number of carbonyl (C=O) groups excluding carboxylic acids is 4. The lowest BCUT2D eigenvalue weighted by Crippen LogP contribution is -2.51. The maximum atomic E-state index is 13.5. The van der Waals surface area contributed by atoms with E-state index < -0.39 is 18.2 Å². The van der Waals surface area contributed by atoms with Crippen LogP contribution in [0.25, 0.3) is 44.8 Å². The Labute approximate surface area is 325 Å². The molecular weight excluding hydrogens is 713 g/mol. The topological polar surface area (TPSA) is 191 Å². The zero-order chi connectivity index (χ0) is 39.5. The van der Waals surface area contributed by atoms with Gasteiger partial charge in [-0.05, 0) is 55.7 Å². The van der Waals surface area contributed by atoms with Crippen LogP contribution in [0, 0.1) is 5.92 Å². The molecule has 0 aliphatic carbocycles. The average molecular weight is 761 g/mol. The number of H-pyrrole nitrogens is 2. The van der Waals surface area contributed by atoms with E-state index in [0.29, 0.717) is 25.3 Å². The third kappa shape index (κ3) is 7.84. The molecule has 0 saturated carbocycles. The highest BCUT2D eigenvalue weighted by Crippen LogP contribution is 2.35. The molecule has 2 aliphatic rings. The molecular formula is C41H48N10O5. The summed E-state index contributed by atoms with van der Waals surface area (Å²) in [4.78, 5) is 79.9. The standard InChI is InChI=1S/C41H48N10O5/c1-6-28(45-24(4)52)39(53)50-17-7-9-34(50)37-44-22-33(48-37)27-15-16-29-30(19-27)42-20-31(46-29)25-11-13-26(14-12-25)32-21-43-38(47-32)35-10-8-18-51(35)40(54)36(23(2)3)49-41(55)56-5/h11-16,19-23,28,34-36H,6-10,17-18H2,1-5H3,(H,43,47)(H,44,48)(H,45,52)(H,49,55)/t28-,34?,35?,36-/m0/s1. The highest BCUT2D eigenvalue weighted by molar-refractivity contribution is 5.88. The van der Waals surface area contributed by atoms with Gasteiger partial charge in [-0.2, -0.15) is 0 Å². The monoisotopic (exact) mass is 760 g/mol. The Kier molecular flexibility index (Phi) is 11.1. The predicted octanol–water partition coefficient (Wildman–Crippen LogP) is 5.70. The van der Waals surface area contributed by atoms with Gasteiger partial charge in [0.25, 0.3) is 0 Å². The Morgan fingerprint density at radius 3 is 1.96 bits per heavy atom. The van der Waals surface area contributed by atoms with Crippen molar-refractivity contribution < 1.29 is 23.9 Å². The van der Waals surface area contributed by atoms with Crippen molar-refractivity contribution in [3.63, 3.8) is 0 Å². The molecule has 56 heavy (non-hydrogen) atoms. The molecule has 0 bridgehead atoms. The van der Waals surface area contributed by atoms with E-state index in [1.807, 2.05) is 68.1 Å². The highest BCUT2D eigenvalue weighted by Gasteiger charge is 2.38. The number of nitrogens with one attached hydrogen (secondary N) is 4. The Hall–Kier alpha value is -6.12. The van der Waals surface area contributed by atoms with Gasteiger partial charge in [0, 0.05) is 31.1 Å². The lowest BCUT2D eigenvalue weighted by Gasteiger charge is -2.30. The number of ether oxygens (including phenoxy) is 1. The summed E-state index contributed by atoms with van der Waals surface area (Å²) in [5.41, 5.74) is 6.64. The first-order valence-electron chi connectivity index (χ1n) is 19.2. The number of rotatable bonds is 11. The molecule has 7 rings (SSSR count). The molecule has 2 aliphatic heterocycles. The summed E-state index contributed by atoms with van der Waals surface area (Å²) in [5.74, 6) is 0.870. The normalized spacial score (nSPS) is 18.0. The number of alkyl carbamates (subject to hydrolysis) is 1. The number of benzene rings is 2. The van der Waals surface area contributed by atoms with Crippen LogP contribution in [0.1, 0.15) is 83.5 Å². The fourth-order valence-electron chi connectivity index (χ4n) is 7.73. The number of imidazole rings is 2. The summed E-state index contributed by atoms with van der Waals surface area (Å²) >= 11 is 0. The molecule has 3 aromatic heterocycles. The third-order valence-electron chi connectivity index (χ3n) is 10.7. The molecule has 4 atom stereocenters. The van der Waals surface area contributed by atoms with Crippen LogP contribution in [0.15, 0.2) is 61.1 Å². The van der Waals surface area contributed by atoms with Crippen molar-refractivity contribution >= 4 is 34.8 Å². The summed E-state index contributed by atoms with van der Waals surface area (Å²) in [6, 6.07) is 12.3. The second-order valence-electron chi connectivity index (χ2n) is 14.8. The van der Waals surface area contributed by atoms with Crippen LogP contribution in [0.4, 0.5) is 4.79 Å². The Morgan fingerprint density at radius 1 is 0.786 bits per heavy atom. The van der Waals surface area contributed by atoms with Gasteiger partial charge in [-0.25, -0.2) is 19.7 Å². The molecule has 5 heterocycles. The van der Waals surface area contributed by atoms with Gasteiger partial charge in [-0.15, -0.1) is 0 Å². The van der Waals surface area contributed by atoms with Gasteiger partial charge in [-0.1, -0.05) is 51.1 Å². The van der Waals surface area contributed by atoms with Crippen LogP contribution in [-0.4, -0.2) is 95.8 Å². The first kappa shape index (κ1) is 38.2. The quantitative estimate of drug-likeness (QED) is 0.131. The molecule has 4 N–H and O–H groups in total. The number of hydrogen-bond acceptors (Lipinski definition) is 9. The fraction of sp³-hybridized carbons (Fsp3) is 0.415. The fourth-order valence-corrected chi connectivity index (χ4v) is 7.73. The summed E-state index contributed by atoms with van der Waals surface area (Å²) in [6.07, 6.45) is 8.50. The Bertz CT molecular complexity index is 2230. The highest BCUT2D eigenvalue weighted by atomic mass is 16.5. The third-order valence-corrected chi connectivity index (χ3v) is 10.7. The number of methoxy groups -OCH3 is 1. The number of aromatic amines is 2. The summed E-state index contributed by atoms with van der Waals surface area (Å²) in [5, 5.41) is 5.47. The lowest BCUT2D eigenvalue weighted by atomic mass is 10.0. The van der Waals surface area contributed by atoms with Crippen LogP contribution in [0.5, 0.6) is 0 Å². The van der Waals surface area contributed by atoms with Gasteiger partial charge < -0.3 is 35.1 Å². The SMILES string of the molecule is CC[C@H](NC(C)=O)C(=O)N1CCCC1c1ncc(-c2ccc3nc(-c4ccc(-c5cnc(C6CCCN6C(=O)[C@@H](NC(=O)OC)C(C)C)[nH]5)cc4)cnc3c2)[nH]1. The number of aromatic nitrogens is 6. The van der Waals surface area contributed by atoms with Crippen molar-refractivity contribution in [2.24, 2.45) is 5.92 Å². The number of hydrogen-bond donors (Lipinski definition) is 4. The first-order valence-corrected chi connectivity index (χ1v) is 19.2. The summed E-state index contributed by atoms with van der Waals surface area (Å²) in [6.45, 7) is 8.32. The summed E-state index contributed by atoms with van der Waals surface area (Å²) < 4.78 is 4.75. The molecule has 2 unspecified atom stereocenters. The van der Waals surface area contributed by atoms with E-state index in [4.69, 9.17) is 14.7 Å². The van der Waals surface area contributed by atoms with E-state index in [0.717, 1.165) is 76.3 Å². The Balaban J connectivity index is 1.03. The molecule has 292 valence electrons. The minimum atomic E-state index is -0.694. The predicted molar refractivity (Wildman–Crippen MR) is 210 cm³/mol. The van der Waals surface area contributed by atoms with E-state index in [-0.39, 0.29) is 35.7 Å². The van der Waals surface area contributed by atoms with E-state index in [2.05, 4.69) is 30.6 Å². The van der Waals surface area contributed by atoms with Gasteiger partial charge in [-0.3, -0.25) is 19.4 Å². The maximum Gasteiger partial charge on any atom is 0.407 e. The van der Waals surface area contributed by atoms with Gasteiger partial charge in [0.2, 0.25) is 17.7 Å². The number of nitrogens with zero attached hydrogens (tertiary/aromatic N) is 6. The minimum absolute atomic E-state index is 0.0844. The van der Waals surface area contributed by atoms with Crippen molar-refractivity contribution in [2.75, 3.05) is 20.2 Å². The van der Waals surface area contributed by atoms with Crippen molar-refractivity contribution in [2.45, 2.75) is 84.0 Å². The van der Waals surface area contributed by atoms with Crippen molar-refractivity contribution in [3.05, 3.63) is 72.7 Å². The second-order valence-corrected chi connectivity index (χ2v) is 14.8. The van der Waals surface area contributed by atoms with Crippen molar-refractivity contribution in [1.29, 1.82) is 0 Å². The number of likely N-dealkylation sites (tertiary alicyclic amines) is 2. The summed E-state index contributed by atoms with van der Waals surface area (Å²) in [7, 11) is 1.29. The number of carbonyl (C=O) groups is 4. The largest absolute Gasteiger partial charge is 0.453 e. The first-order chi connectivity index (χ1) is 27.0. The van der Waals surface area contributed by atoms with Gasteiger partial charge in [0.15, 0.2) is 0 Å².